The van der Waals surface area contributed by atoms with Crippen LogP contribution in [0.25, 0.3) is 0 Å². The van der Waals surface area contributed by atoms with Crippen molar-refractivity contribution < 1.29 is 13.2 Å². The molecule has 1 aromatic heterocycles. The van der Waals surface area contributed by atoms with Gasteiger partial charge in [-0.25, -0.2) is 0 Å². The van der Waals surface area contributed by atoms with Gasteiger partial charge in [0.2, 0.25) is 0 Å². The van der Waals surface area contributed by atoms with Crippen LogP contribution < -0.4 is 5.32 Å². The first-order valence-corrected chi connectivity index (χ1v) is 7.88. The fourth-order valence-electron chi connectivity index (χ4n) is 2.88. The van der Waals surface area contributed by atoms with Crippen LogP contribution >= 0.6 is 11.3 Å². The number of alkyl halides is 3. The van der Waals surface area contributed by atoms with Gasteiger partial charge < -0.3 is 5.32 Å². The largest absolute Gasteiger partial charge is 0.416 e. The van der Waals surface area contributed by atoms with E-state index in [1.54, 1.807) is 23.5 Å². The van der Waals surface area contributed by atoms with Crippen LogP contribution in [0.15, 0.2) is 35.7 Å². The zero-order valence-corrected chi connectivity index (χ0v) is 12.2. The van der Waals surface area contributed by atoms with E-state index in [4.69, 9.17) is 0 Å². The van der Waals surface area contributed by atoms with E-state index in [1.807, 2.05) is 0 Å². The number of hydrogen-bond donors (Lipinski definition) is 1. The summed E-state index contributed by atoms with van der Waals surface area (Å²) in [4.78, 5) is 1.36. The standard InChI is InChI=1S/C16H16F3NS/c17-16(18,19)13-5-2-1-4-11(13)10-20-14-6-3-7-15-12(14)8-9-21-15/h1-2,4-5,8-9,14,20H,3,6-7,10H2. The second-order valence-electron chi connectivity index (χ2n) is 5.28. The second-order valence-corrected chi connectivity index (χ2v) is 6.28. The normalized spacial score (nSPS) is 18.5. The summed E-state index contributed by atoms with van der Waals surface area (Å²) in [6, 6.07) is 8.04. The minimum Gasteiger partial charge on any atom is -0.306 e. The van der Waals surface area contributed by atoms with Crippen molar-refractivity contribution in [2.24, 2.45) is 0 Å². The summed E-state index contributed by atoms with van der Waals surface area (Å²) in [5.41, 5.74) is 1.03. The number of fused-ring (bicyclic) bond motifs is 1. The molecule has 0 bridgehead atoms. The van der Waals surface area contributed by atoms with Gasteiger partial charge in [-0.05, 0) is 47.9 Å². The Labute approximate surface area is 125 Å². The highest BCUT2D eigenvalue weighted by Crippen LogP contribution is 2.35. The molecule has 5 heteroatoms. The van der Waals surface area contributed by atoms with Gasteiger partial charge in [-0.15, -0.1) is 11.3 Å². The lowest BCUT2D eigenvalue weighted by Gasteiger charge is -2.24. The SMILES string of the molecule is FC(F)(F)c1ccccc1CNC1CCCc2sccc21. The Kier molecular flexibility index (Phi) is 4.04. The Morgan fingerprint density at radius 1 is 1.19 bits per heavy atom. The van der Waals surface area contributed by atoms with E-state index in [9.17, 15) is 13.2 Å². The smallest absolute Gasteiger partial charge is 0.306 e. The number of aryl methyl sites for hydroxylation is 1. The Morgan fingerprint density at radius 2 is 2.00 bits per heavy atom. The quantitative estimate of drug-likeness (QED) is 0.847. The molecule has 112 valence electrons. The van der Waals surface area contributed by atoms with E-state index in [-0.39, 0.29) is 12.6 Å². The highest BCUT2D eigenvalue weighted by Gasteiger charge is 2.33. The van der Waals surface area contributed by atoms with E-state index < -0.39 is 11.7 Å². The van der Waals surface area contributed by atoms with E-state index >= 15 is 0 Å². The van der Waals surface area contributed by atoms with Gasteiger partial charge >= 0.3 is 6.18 Å². The van der Waals surface area contributed by atoms with Gasteiger partial charge in [-0.1, -0.05) is 18.2 Å². The summed E-state index contributed by atoms with van der Waals surface area (Å²) in [6.45, 7) is 0.246. The number of halogens is 3. The Morgan fingerprint density at radius 3 is 2.81 bits per heavy atom. The van der Waals surface area contributed by atoms with Crippen molar-refractivity contribution in [2.45, 2.75) is 38.0 Å². The zero-order chi connectivity index (χ0) is 14.9. The van der Waals surface area contributed by atoms with Crippen LogP contribution in [0.1, 0.15) is 40.5 Å². The molecule has 1 atom stereocenters. The van der Waals surface area contributed by atoms with Gasteiger partial charge in [-0.3, -0.25) is 0 Å². The molecule has 0 saturated heterocycles. The molecule has 1 N–H and O–H groups in total. The molecule has 0 aliphatic heterocycles. The average molecular weight is 311 g/mol. The van der Waals surface area contributed by atoms with Gasteiger partial charge in [0.1, 0.15) is 0 Å². The predicted octanol–water partition coefficient (Wildman–Crippen LogP) is 4.93. The summed E-state index contributed by atoms with van der Waals surface area (Å²) in [5, 5.41) is 5.36. The third kappa shape index (κ3) is 3.14. The van der Waals surface area contributed by atoms with E-state index in [0.717, 1.165) is 25.3 Å². The van der Waals surface area contributed by atoms with Gasteiger partial charge in [0.05, 0.1) is 5.56 Å². The zero-order valence-electron chi connectivity index (χ0n) is 11.4. The summed E-state index contributed by atoms with van der Waals surface area (Å²) >= 11 is 1.74. The average Bonchev–Trinajstić information content (AvgIpc) is 2.93. The molecule has 2 aromatic rings. The fourth-order valence-corrected chi connectivity index (χ4v) is 3.87. The van der Waals surface area contributed by atoms with E-state index in [2.05, 4.69) is 16.8 Å². The van der Waals surface area contributed by atoms with Crippen molar-refractivity contribution in [1.29, 1.82) is 0 Å². The van der Waals surface area contributed by atoms with Crippen LogP contribution in [0, 0.1) is 0 Å². The minimum atomic E-state index is -4.29. The maximum absolute atomic E-state index is 13.0. The summed E-state index contributed by atoms with van der Waals surface area (Å²) in [7, 11) is 0. The molecule has 0 saturated carbocycles. The number of benzene rings is 1. The Hall–Kier alpha value is -1.33. The molecule has 0 amide bonds. The third-order valence-corrected chi connectivity index (χ3v) is 4.91. The first-order valence-electron chi connectivity index (χ1n) is 7.00. The molecule has 0 spiro atoms. The van der Waals surface area contributed by atoms with Crippen molar-refractivity contribution in [3.63, 3.8) is 0 Å². The fraction of sp³-hybridized carbons (Fsp3) is 0.375. The molecule has 1 aromatic carbocycles. The summed E-state index contributed by atoms with van der Waals surface area (Å²) < 4.78 is 38.9. The van der Waals surface area contributed by atoms with Crippen molar-refractivity contribution >= 4 is 11.3 Å². The molecule has 1 heterocycles. The van der Waals surface area contributed by atoms with Crippen LogP contribution in [0.4, 0.5) is 13.2 Å². The molecule has 0 fully saturated rings. The number of hydrogen-bond acceptors (Lipinski definition) is 2. The molecule has 0 radical (unpaired) electrons. The van der Waals surface area contributed by atoms with Crippen LogP contribution in [0.3, 0.4) is 0 Å². The first-order chi connectivity index (χ1) is 10.1. The molecule has 1 aliphatic rings. The van der Waals surface area contributed by atoms with Crippen LogP contribution in [0.5, 0.6) is 0 Å². The molecule has 1 aliphatic carbocycles. The molecule has 1 unspecified atom stereocenters. The van der Waals surface area contributed by atoms with Crippen LogP contribution in [0.2, 0.25) is 0 Å². The summed E-state index contributed by atoms with van der Waals surface area (Å²) in [5.74, 6) is 0. The van der Waals surface area contributed by atoms with Crippen LogP contribution in [-0.2, 0) is 19.1 Å². The van der Waals surface area contributed by atoms with E-state index in [1.165, 1.54) is 16.5 Å². The van der Waals surface area contributed by atoms with Crippen molar-refractivity contribution in [1.82, 2.24) is 5.32 Å². The monoisotopic (exact) mass is 311 g/mol. The molecule has 3 rings (SSSR count). The van der Waals surface area contributed by atoms with Gasteiger partial charge in [0, 0.05) is 17.5 Å². The van der Waals surface area contributed by atoms with Crippen molar-refractivity contribution in [2.75, 3.05) is 0 Å². The third-order valence-electron chi connectivity index (χ3n) is 3.91. The lowest BCUT2D eigenvalue weighted by atomic mass is 9.93. The van der Waals surface area contributed by atoms with Gasteiger partial charge in [0.15, 0.2) is 0 Å². The maximum Gasteiger partial charge on any atom is 0.416 e. The molecular weight excluding hydrogens is 295 g/mol. The predicted molar refractivity (Wildman–Crippen MR) is 78.3 cm³/mol. The highest BCUT2D eigenvalue weighted by molar-refractivity contribution is 7.10. The summed E-state index contributed by atoms with van der Waals surface area (Å²) in [6.07, 6.45) is -1.13. The van der Waals surface area contributed by atoms with Gasteiger partial charge in [0.25, 0.3) is 0 Å². The second kappa shape index (κ2) is 5.81. The number of nitrogens with one attached hydrogen (secondary N) is 1. The molecule has 21 heavy (non-hydrogen) atoms. The lowest BCUT2D eigenvalue weighted by Crippen LogP contribution is -2.25. The Balaban J connectivity index is 1.75. The Bertz CT molecular complexity index is 618. The minimum absolute atomic E-state index is 0.168. The van der Waals surface area contributed by atoms with Crippen molar-refractivity contribution in [3.8, 4) is 0 Å². The van der Waals surface area contributed by atoms with Crippen molar-refractivity contribution in [3.05, 3.63) is 57.3 Å². The molecule has 1 nitrogen and oxygen atoms in total. The van der Waals surface area contributed by atoms with E-state index in [0.29, 0.717) is 5.56 Å². The highest BCUT2D eigenvalue weighted by atomic mass is 32.1. The van der Waals surface area contributed by atoms with Crippen LogP contribution in [-0.4, -0.2) is 0 Å². The number of rotatable bonds is 3. The van der Waals surface area contributed by atoms with Gasteiger partial charge in [-0.2, -0.15) is 13.2 Å². The topological polar surface area (TPSA) is 12.0 Å². The molecular formula is C16H16F3NS. The lowest BCUT2D eigenvalue weighted by molar-refractivity contribution is -0.138. The first kappa shape index (κ1) is 14.6. The maximum atomic E-state index is 13.0. The number of thiophene rings is 1.